The van der Waals surface area contributed by atoms with Crippen molar-refractivity contribution in [3.63, 3.8) is 0 Å². The molecule has 2 rings (SSSR count). The highest BCUT2D eigenvalue weighted by Gasteiger charge is 2.48. The second-order valence-corrected chi connectivity index (χ2v) is 5.25. The van der Waals surface area contributed by atoms with Crippen LogP contribution in [0.25, 0.3) is 0 Å². The largest absolute Gasteiger partial charge is 0.392 e. The van der Waals surface area contributed by atoms with Gasteiger partial charge in [-0.2, -0.15) is 13.2 Å². The number of rotatable bonds is 4. The molecule has 1 aromatic rings. The Bertz CT molecular complexity index is 470. The molecule has 1 heterocycles. The maximum atomic E-state index is 13.1. The van der Waals surface area contributed by atoms with Gasteiger partial charge in [0.25, 0.3) is 0 Å². The highest BCUT2D eigenvalue weighted by atomic mass is 19.4. The highest BCUT2D eigenvalue weighted by molar-refractivity contribution is 5.96. The minimum Gasteiger partial charge on any atom is -0.292 e. The number of aryl methyl sites for hydroxylation is 1. The van der Waals surface area contributed by atoms with E-state index in [9.17, 15) is 18.0 Å². The number of carbonyl (C=O) groups is 1. The molecule has 0 radical (unpaired) electrons. The summed E-state index contributed by atoms with van der Waals surface area (Å²) in [6.45, 7) is 2.40. The molecule has 4 nitrogen and oxygen atoms in total. The first-order valence-corrected chi connectivity index (χ1v) is 6.94. The average molecular weight is 289 g/mol. The Hall–Kier alpha value is -1.40. The minimum atomic E-state index is -4.32. The number of carbonyl (C=O) groups excluding carboxylic acids is 1. The van der Waals surface area contributed by atoms with Crippen LogP contribution in [-0.2, 0) is 6.54 Å². The Labute approximate surface area is 115 Å². The molecular formula is C13H18F3N3O. The molecular weight excluding hydrogens is 271 g/mol. The quantitative estimate of drug-likeness (QED) is 0.799. The first kappa shape index (κ1) is 15.0. The van der Waals surface area contributed by atoms with E-state index in [1.165, 1.54) is 10.9 Å². The molecule has 0 bridgehead atoms. The van der Waals surface area contributed by atoms with Gasteiger partial charge in [-0.25, -0.2) is 4.68 Å². The van der Waals surface area contributed by atoms with E-state index in [0.717, 1.165) is 6.42 Å². The van der Waals surface area contributed by atoms with Crippen molar-refractivity contribution in [2.75, 3.05) is 0 Å². The third kappa shape index (κ3) is 3.02. The SMILES string of the molecule is CCCn1nncc1C(=O)C1CCCCC1C(F)(F)F. The molecule has 7 heteroatoms. The first-order chi connectivity index (χ1) is 9.45. The fourth-order valence-electron chi connectivity index (χ4n) is 2.85. The summed E-state index contributed by atoms with van der Waals surface area (Å²) in [5, 5.41) is 7.43. The normalized spacial score (nSPS) is 23.8. The van der Waals surface area contributed by atoms with Gasteiger partial charge in [0.15, 0.2) is 5.78 Å². The number of aromatic nitrogens is 3. The zero-order valence-corrected chi connectivity index (χ0v) is 11.4. The molecule has 0 aliphatic heterocycles. The van der Waals surface area contributed by atoms with Gasteiger partial charge in [-0.15, -0.1) is 5.10 Å². The Morgan fingerprint density at radius 2 is 2.10 bits per heavy atom. The van der Waals surface area contributed by atoms with Crippen molar-refractivity contribution >= 4 is 5.78 Å². The van der Waals surface area contributed by atoms with Gasteiger partial charge in [0.1, 0.15) is 5.69 Å². The molecule has 0 saturated heterocycles. The van der Waals surface area contributed by atoms with Crippen molar-refractivity contribution in [3.8, 4) is 0 Å². The molecule has 1 saturated carbocycles. The summed E-state index contributed by atoms with van der Waals surface area (Å²) >= 11 is 0. The number of halogens is 3. The fraction of sp³-hybridized carbons (Fsp3) is 0.769. The molecule has 0 amide bonds. The van der Waals surface area contributed by atoms with Crippen molar-refractivity contribution in [1.82, 2.24) is 15.0 Å². The Kier molecular flexibility index (Phi) is 4.45. The smallest absolute Gasteiger partial charge is 0.292 e. The summed E-state index contributed by atoms with van der Waals surface area (Å²) < 4.78 is 40.6. The van der Waals surface area contributed by atoms with Crippen LogP contribution in [0, 0.1) is 11.8 Å². The van der Waals surface area contributed by atoms with Gasteiger partial charge in [0.05, 0.1) is 12.1 Å². The van der Waals surface area contributed by atoms with E-state index < -0.39 is 23.8 Å². The van der Waals surface area contributed by atoms with E-state index in [4.69, 9.17) is 0 Å². The van der Waals surface area contributed by atoms with Crippen LogP contribution in [0.3, 0.4) is 0 Å². The zero-order chi connectivity index (χ0) is 14.8. The molecule has 2 unspecified atom stereocenters. The van der Waals surface area contributed by atoms with Gasteiger partial charge in [0, 0.05) is 12.5 Å². The molecule has 1 aliphatic carbocycles. The molecule has 0 N–H and O–H groups in total. The summed E-state index contributed by atoms with van der Waals surface area (Å²) in [6.07, 6.45) is -0.769. The van der Waals surface area contributed by atoms with Crippen molar-refractivity contribution in [2.24, 2.45) is 11.8 Å². The van der Waals surface area contributed by atoms with Crippen LogP contribution in [0.2, 0.25) is 0 Å². The second-order valence-electron chi connectivity index (χ2n) is 5.25. The number of hydrogen-bond acceptors (Lipinski definition) is 3. The lowest BCUT2D eigenvalue weighted by Gasteiger charge is -2.31. The van der Waals surface area contributed by atoms with E-state index in [1.54, 1.807) is 0 Å². The summed E-state index contributed by atoms with van der Waals surface area (Å²) in [6, 6.07) is 0. The van der Waals surface area contributed by atoms with Gasteiger partial charge < -0.3 is 0 Å². The molecule has 1 fully saturated rings. The van der Waals surface area contributed by atoms with Gasteiger partial charge in [-0.1, -0.05) is 25.0 Å². The molecule has 1 aromatic heterocycles. The van der Waals surface area contributed by atoms with E-state index in [2.05, 4.69) is 10.3 Å². The Morgan fingerprint density at radius 3 is 2.75 bits per heavy atom. The zero-order valence-electron chi connectivity index (χ0n) is 11.4. The van der Waals surface area contributed by atoms with E-state index in [0.29, 0.717) is 25.8 Å². The molecule has 112 valence electrons. The van der Waals surface area contributed by atoms with Gasteiger partial charge in [-0.05, 0) is 19.3 Å². The number of alkyl halides is 3. The Morgan fingerprint density at radius 1 is 1.40 bits per heavy atom. The van der Waals surface area contributed by atoms with Crippen LogP contribution in [0.5, 0.6) is 0 Å². The third-order valence-corrected chi connectivity index (χ3v) is 3.83. The summed E-state index contributed by atoms with van der Waals surface area (Å²) in [4.78, 5) is 12.4. The number of nitrogens with zero attached hydrogens (tertiary/aromatic N) is 3. The summed E-state index contributed by atoms with van der Waals surface area (Å²) in [5.41, 5.74) is 0.202. The van der Waals surface area contributed by atoms with Crippen molar-refractivity contribution in [1.29, 1.82) is 0 Å². The lowest BCUT2D eigenvalue weighted by atomic mass is 9.76. The number of Topliss-reactive ketones (excluding diaryl/α,β-unsaturated/α-hetero) is 1. The summed E-state index contributed by atoms with van der Waals surface area (Å²) in [7, 11) is 0. The maximum absolute atomic E-state index is 13.1. The fourth-order valence-corrected chi connectivity index (χ4v) is 2.85. The van der Waals surface area contributed by atoms with Gasteiger partial charge in [-0.3, -0.25) is 4.79 Å². The van der Waals surface area contributed by atoms with E-state index in [1.807, 2.05) is 6.92 Å². The molecule has 0 spiro atoms. The van der Waals surface area contributed by atoms with E-state index >= 15 is 0 Å². The number of ketones is 1. The predicted molar refractivity (Wildman–Crippen MR) is 66.1 cm³/mol. The third-order valence-electron chi connectivity index (χ3n) is 3.83. The minimum absolute atomic E-state index is 0.0370. The molecule has 1 aliphatic rings. The average Bonchev–Trinajstić information content (AvgIpc) is 2.85. The van der Waals surface area contributed by atoms with Crippen molar-refractivity contribution in [2.45, 2.75) is 51.7 Å². The van der Waals surface area contributed by atoms with Crippen LogP contribution in [0.15, 0.2) is 6.20 Å². The second kappa shape index (κ2) is 5.93. The monoisotopic (exact) mass is 289 g/mol. The lowest BCUT2D eigenvalue weighted by molar-refractivity contribution is -0.191. The van der Waals surface area contributed by atoms with Crippen LogP contribution in [0.1, 0.15) is 49.5 Å². The van der Waals surface area contributed by atoms with Crippen molar-refractivity contribution < 1.29 is 18.0 Å². The van der Waals surface area contributed by atoms with Crippen molar-refractivity contribution in [3.05, 3.63) is 11.9 Å². The molecule has 20 heavy (non-hydrogen) atoms. The lowest BCUT2D eigenvalue weighted by Crippen LogP contribution is -2.38. The van der Waals surface area contributed by atoms with E-state index in [-0.39, 0.29) is 12.1 Å². The van der Waals surface area contributed by atoms with Crippen LogP contribution in [0.4, 0.5) is 13.2 Å². The first-order valence-electron chi connectivity index (χ1n) is 6.94. The molecule has 0 aromatic carbocycles. The predicted octanol–water partition coefficient (Wildman–Crippen LogP) is 3.24. The molecule has 2 atom stereocenters. The van der Waals surface area contributed by atoms with Crippen LogP contribution >= 0.6 is 0 Å². The highest BCUT2D eigenvalue weighted by Crippen LogP contribution is 2.42. The standard InChI is InChI=1S/C13H18F3N3O/c1-2-7-19-11(8-17-18-19)12(20)9-5-3-4-6-10(9)13(14,15)16/h8-10H,2-7H2,1H3. The van der Waals surface area contributed by atoms with Gasteiger partial charge in [0.2, 0.25) is 0 Å². The maximum Gasteiger partial charge on any atom is 0.392 e. The van der Waals surface area contributed by atoms with Crippen LogP contribution < -0.4 is 0 Å². The van der Waals surface area contributed by atoms with Crippen LogP contribution in [-0.4, -0.2) is 27.0 Å². The topological polar surface area (TPSA) is 47.8 Å². The van der Waals surface area contributed by atoms with Gasteiger partial charge >= 0.3 is 6.18 Å². The Balaban J connectivity index is 2.23. The summed E-state index contributed by atoms with van der Waals surface area (Å²) in [5.74, 6) is -2.99. The number of hydrogen-bond donors (Lipinski definition) is 0.